The van der Waals surface area contributed by atoms with Crippen LogP contribution in [0.1, 0.15) is 0 Å². The Morgan fingerprint density at radius 1 is 1.21 bits per heavy atom. The van der Waals surface area contributed by atoms with Crippen molar-refractivity contribution in [1.82, 2.24) is 9.38 Å². The van der Waals surface area contributed by atoms with E-state index in [0.717, 1.165) is 0 Å². The van der Waals surface area contributed by atoms with E-state index in [1.807, 2.05) is 0 Å². The van der Waals surface area contributed by atoms with Crippen LogP contribution < -0.4 is 10.5 Å². The number of nitrogens with zero attached hydrogens (tertiary/aromatic N) is 2. The van der Waals surface area contributed by atoms with Crippen LogP contribution in [-0.2, 0) is 0 Å². The van der Waals surface area contributed by atoms with Crippen molar-refractivity contribution >= 4 is 11.3 Å². The van der Waals surface area contributed by atoms with E-state index >= 15 is 0 Å². The van der Waals surface area contributed by atoms with Crippen molar-refractivity contribution in [2.75, 3.05) is 12.8 Å². The van der Waals surface area contributed by atoms with Crippen LogP contribution in [0.15, 0.2) is 42.7 Å². The van der Waals surface area contributed by atoms with Gasteiger partial charge in [0, 0.05) is 18.1 Å². The van der Waals surface area contributed by atoms with Crippen molar-refractivity contribution in [1.29, 1.82) is 0 Å². The monoisotopic (exact) mass is 257 g/mol. The molecular formula is C14H12FN3O. The summed E-state index contributed by atoms with van der Waals surface area (Å²) in [7, 11) is 1.51. The second-order valence-electron chi connectivity index (χ2n) is 4.17. The molecule has 0 saturated heterocycles. The quantitative estimate of drug-likeness (QED) is 0.768. The zero-order valence-corrected chi connectivity index (χ0v) is 10.3. The Morgan fingerprint density at radius 2 is 2.05 bits per heavy atom. The van der Waals surface area contributed by atoms with Gasteiger partial charge in [0.1, 0.15) is 17.2 Å². The Bertz CT molecular complexity index is 752. The van der Waals surface area contributed by atoms with Gasteiger partial charge in [-0.05, 0) is 24.3 Å². The van der Waals surface area contributed by atoms with E-state index in [0.29, 0.717) is 28.3 Å². The Hall–Kier alpha value is -2.56. The smallest absolute Gasteiger partial charge is 0.137 e. The Balaban J connectivity index is 2.24. The van der Waals surface area contributed by atoms with Crippen molar-refractivity contribution in [3.8, 4) is 17.0 Å². The summed E-state index contributed by atoms with van der Waals surface area (Å²) in [5.74, 6) is 0.0899. The molecule has 0 atom stereocenters. The highest BCUT2D eigenvalue weighted by atomic mass is 19.1. The minimum atomic E-state index is -0.365. The molecule has 0 unspecified atom stereocenters. The van der Waals surface area contributed by atoms with Crippen molar-refractivity contribution in [3.05, 3.63) is 48.5 Å². The van der Waals surface area contributed by atoms with Crippen LogP contribution in [-0.4, -0.2) is 16.5 Å². The molecule has 5 heteroatoms. The summed E-state index contributed by atoms with van der Waals surface area (Å²) in [5.41, 5.74) is 7.90. The molecule has 0 aliphatic carbocycles. The molecule has 0 fully saturated rings. The number of pyridine rings is 1. The standard InChI is InChI=1S/C14H12FN3O/c1-19-12-4-2-3-10(15)14(12)11-8-18-7-9(16)5-6-13(18)17-11/h2-8H,16H2,1H3. The minimum Gasteiger partial charge on any atom is -0.496 e. The highest BCUT2D eigenvalue weighted by Crippen LogP contribution is 2.31. The molecule has 19 heavy (non-hydrogen) atoms. The highest BCUT2D eigenvalue weighted by molar-refractivity contribution is 5.70. The van der Waals surface area contributed by atoms with Crippen LogP contribution in [0.5, 0.6) is 5.75 Å². The number of benzene rings is 1. The van der Waals surface area contributed by atoms with Gasteiger partial charge >= 0.3 is 0 Å². The highest BCUT2D eigenvalue weighted by Gasteiger charge is 2.14. The zero-order chi connectivity index (χ0) is 13.4. The van der Waals surface area contributed by atoms with Gasteiger partial charge in [0.25, 0.3) is 0 Å². The molecule has 1 aromatic carbocycles. The maximum Gasteiger partial charge on any atom is 0.137 e. The fourth-order valence-corrected chi connectivity index (χ4v) is 2.05. The molecule has 4 nitrogen and oxygen atoms in total. The lowest BCUT2D eigenvalue weighted by Gasteiger charge is -2.06. The van der Waals surface area contributed by atoms with Gasteiger partial charge in [-0.3, -0.25) is 0 Å². The van der Waals surface area contributed by atoms with E-state index in [-0.39, 0.29) is 5.82 Å². The normalized spacial score (nSPS) is 10.8. The molecule has 0 aliphatic heterocycles. The number of methoxy groups -OCH3 is 1. The SMILES string of the molecule is COc1cccc(F)c1-c1cn2cc(N)ccc2n1. The number of aromatic nitrogens is 2. The van der Waals surface area contributed by atoms with Crippen molar-refractivity contribution < 1.29 is 9.13 Å². The predicted octanol–water partition coefficient (Wildman–Crippen LogP) is 2.73. The molecule has 96 valence electrons. The average molecular weight is 257 g/mol. The number of hydrogen-bond acceptors (Lipinski definition) is 3. The Kier molecular flexibility index (Phi) is 2.59. The topological polar surface area (TPSA) is 52.5 Å². The molecule has 2 heterocycles. The van der Waals surface area contributed by atoms with E-state index in [1.54, 1.807) is 41.1 Å². The number of ether oxygens (including phenoxy) is 1. The number of nitrogens with two attached hydrogens (primary N) is 1. The van der Waals surface area contributed by atoms with Gasteiger partial charge in [0.05, 0.1) is 18.4 Å². The van der Waals surface area contributed by atoms with Crippen molar-refractivity contribution in [2.45, 2.75) is 0 Å². The fourth-order valence-electron chi connectivity index (χ4n) is 2.05. The number of halogens is 1. The van der Waals surface area contributed by atoms with Gasteiger partial charge in [0.15, 0.2) is 0 Å². The predicted molar refractivity (Wildman–Crippen MR) is 71.6 cm³/mol. The maximum absolute atomic E-state index is 14.0. The van der Waals surface area contributed by atoms with E-state index in [2.05, 4.69) is 4.98 Å². The van der Waals surface area contributed by atoms with Gasteiger partial charge in [-0.2, -0.15) is 0 Å². The second-order valence-corrected chi connectivity index (χ2v) is 4.17. The van der Waals surface area contributed by atoms with E-state index in [9.17, 15) is 4.39 Å². The summed E-state index contributed by atoms with van der Waals surface area (Å²) in [6, 6.07) is 8.23. The second kappa shape index (κ2) is 4.28. The van der Waals surface area contributed by atoms with Crippen molar-refractivity contribution in [2.24, 2.45) is 0 Å². The summed E-state index contributed by atoms with van der Waals surface area (Å²) < 4.78 is 20.9. The third kappa shape index (κ3) is 1.89. The molecular weight excluding hydrogens is 245 g/mol. The summed E-state index contributed by atoms with van der Waals surface area (Å²) in [6.45, 7) is 0. The Morgan fingerprint density at radius 3 is 2.84 bits per heavy atom. The lowest BCUT2D eigenvalue weighted by molar-refractivity contribution is 0.413. The summed E-state index contributed by atoms with van der Waals surface area (Å²) in [4.78, 5) is 4.38. The molecule has 0 bridgehead atoms. The molecule has 0 spiro atoms. The first kappa shape index (κ1) is 11.5. The van der Waals surface area contributed by atoms with Crippen LogP contribution in [0.3, 0.4) is 0 Å². The van der Waals surface area contributed by atoms with Crippen LogP contribution in [0.2, 0.25) is 0 Å². The van der Waals surface area contributed by atoms with Gasteiger partial charge in [0.2, 0.25) is 0 Å². The molecule has 0 saturated carbocycles. The number of imidazole rings is 1. The van der Waals surface area contributed by atoms with Gasteiger partial charge < -0.3 is 14.9 Å². The summed E-state index contributed by atoms with van der Waals surface area (Å²) in [5, 5.41) is 0. The van der Waals surface area contributed by atoms with E-state index < -0.39 is 0 Å². The lowest BCUT2D eigenvalue weighted by atomic mass is 10.1. The number of fused-ring (bicyclic) bond motifs is 1. The lowest BCUT2D eigenvalue weighted by Crippen LogP contribution is -1.91. The van der Waals surface area contributed by atoms with E-state index in [4.69, 9.17) is 10.5 Å². The molecule has 0 radical (unpaired) electrons. The van der Waals surface area contributed by atoms with Crippen LogP contribution in [0, 0.1) is 5.82 Å². The average Bonchev–Trinajstić information content (AvgIpc) is 2.80. The van der Waals surface area contributed by atoms with Crippen LogP contribution in [0.25, 0.3) is 16.9 Å². The molecule has 3 aromatic rings. The first-order valence-electron chi connectivity index (χ1n) is 5.76. The van der Waals surface area contributed by atoms with Crippen LogP contribution in [0.4, 0.5) is 10.1 Å². The largest absolute Gasteiger partial charge is 0.496 e. The van der Waals surface area contributed by atoms with Crippen molar-refractivity contribution in [3.63, 3.8) is 0 Å². The fraction of sp³-hybridized carbons (Fsp3) is 0.0714. The summed E-state index contributed by atoms with van der Waals surface area (Å²) in [6.07, 6.45) is 3.46. The van der Waals surface area contributed by atoms with Gasteiger partial charge in [-0.25, -0.2) is 9.37 Å². The first-order valence-corrected chi connectivity index (χ1v) is 5.76. The minimum absolute atomic E-state index is 0.354. The van der Waals surface area contributed by atoms with E-state index in [1.165, 1.54) is 13.2 Å². The number of hydrogen-bond donors (Lipinski definition) is 1. The number of nitrogen functional groups attached to an aromatic ring is 1. The third-order valence-corrected chi connectivity index (χ3v) is 2.93. The maximum atomic E-state index is 14.0. The first-order chi connectivity index (χ1) is 9.19. The summed E-state index contributed by atoms with van der Waals surface area (Å²) >= 11 is 0. The molecule has 0 aliphatic rings. The third-order valence-electron chi connectivity index (χ3n) is 2.93. The van der Waals surface area contributed by atoms with Crippen LogP contribution >= 0.6 is 0 Å². The molecule has 0 amide bonds. The zero-order valence-electron chi connectivity index (χ0n) is 10.3. The molecule has 2 N–H and O–H groups in total. The van der Waals surface area contributed by atoms with Gasteiger partial charge in [-0.15, -0.1) is 0 Å². The number of anilines is 1. The molecule has 2 aromatic heterocycles. The molecule has 3 rings (SSSR count). The number of rotatable bonds is 2. The van der Waals surface area contributed by atoms with Gasteiger partial charge in [-0.1, -0.05) is 6.07 Å². The Labute approximate surface area is 109 Å².